The second kappa shape index (κ2) is 10.3. The molecule has 0 aliphatic carbocycles. The lowest BCUT2D eigenvalue weighted by Crippen LogP contribution is -2.32. The topological polar surface area (TPSA) is 115 Å². The Bertz CT molecular complexity index is 1200. The quantitative estimate of drug-likeness (QED) is 0.282. The third kappa shape index (κ3) is 5.40. The molecule has 0 aliphatic heterocycles. The van der Waals surface area contributed by atoms with E-state index < -0.39 is 12.0 Å². The lowest BCUT2D eigenvalue weighted by Gasteiger charge is -2.08. The predicted octanol–water partition coefficient (Wildman–Crippen LogP) is 3.56. The molecule has 158 valence electrons. The van der Waals surface area contributed by atoms with Crippen LogP contribution in [-0.2, 0) is 20.9 Å². The number of H-pyrrole nitrogens is 1. The maximum atomic E-state index is 11.5. The minimum Gasteiger partial charge on any atom is -0.460 e. The molecule has 0 radical (unpaired) electrons. The molecule has 31 heavy (non-hydrogen) atoms. The van der Waals surface area contributed by atoms with Crippen molar-refractivity contribution in [1.82, 2.24) is 9.97 Å². The fourth-order valence-corrected chi connectivity index (χ4v) is 3.08. The summed E-state index contributed by atoms with van der Waals surface area (Å²) in [7, 11) is 0. The van der Waals surface area contributed by atoms with Crippen LogP contribution in [0.4, 0.5) is 0 Å². The third-order valence-corrected chi connectivity index (χ3v) is 4.64. The molecule has 0 bridgehead atoms. The second-order valence-electron chi connectivity index (χ2n) is 6.91. The highest BCUT2D eigenvalue weighted by molar-refractivity contribution is 6.13. The highest BCUT2D eigenvalue weighted by atomic mass is 16.5. The molecule has 1 unspecified atom stereocenters. The summed E-state index contributed by atoms with van der Waals surface area (Å²) >= 11 is 0. The number of pyridine rings is 1. The van der Waals surface area contributed by atoms with Gasteiger partial charge in [-0.3, -0.25) is 14.6 Å². The van der Waals surface area contributed by atoms with Gasteiger partial charge in [-0.15, -0.1) is 0 Å². The first kappa shape index (κ1) is 21.9. The van der Waals surface area contributed by atoms with Gasteiger partial charge in [0, 0.05) is 35.8 Å². The molecule has 0 saturated carbocycles. The zero-order chi connectivity index (χ0) is 22.2. The number of para-hydroxylation sites is 1. The highest BCUT2D eigenvalue weighted by Crippen LogP contribution is 2.26. The summed E-state index contributed by atoms with van der Waals surface area (Å²) < 4.78 is 4.92. The van der Waals surface area contributed by atoms with Gasteiger partial charge in [0.05, 0.1) is 5.52 Å². The molecule has 4 rings (SSSR count). The standard InChI is InChI=1S/C13H10N2O.C11H13NO3/c1-8(16)12-13-10(6-7-14-12)9-4-2-3-5-11(9)15-13;12-10(6-7-13)11(14)15-8-9-4-2-1-3-5-9/h2-7,15H,1H3;1-5,7,10H,6,8,12H2. The highest BCUT2D eigenvalue weighted by Gasteiger charge is 2.14. The van der Waals surface area contributed by atoms with Crippen LogP contribution >= 0.6 is 0 Å². The predicted molar refractivity (Wildman–Crippen MR) is 118 cm³/mol. The normalized spacial score (nSPS) is 11.4. The van der Waals surface area contributed by atoms with Gasteiger partial charge >= 0.3 is 5.97 Å². The van der Waals surface area contributed by atoms with Gasteiger partial charge in [-0.2, -0.15) is 0 Å². The number of hydrogen-bond donors (Lipinski definition) is 2. The number of nitrogens with two attached hydrogens (primary N) is 1. The largest absolute Gasteiger partial charge is 0.460 e. The summed E-state index contributed by atoms with van der Waals surface area (Å²) in [6.45, 7) is 1.72. The smallest absolute Gasteiger partial charge is 0.323 e. The van der Waals surface area contributed by atoms with Crippen LogP contribution in [0.5, 0.6) is 0 Å². The zero-order valence-corrected chi connectivity index (χ0v) is 17.1. The lowest BCUT2D eigenvalue weighted by atomic mass is 10.1. The van der Waals surface area contributed by atoms with Crippen molar-refractivity contribution in [2.75, 3.05) is 0 Å². The van der Waals surface area contributed by atoms with Gasteiger partial charge in [0.25, 0.3) is 0 Å². The Hall–Kier alpha value is -3.84. The number of hydrogen-bond acceptors (Lipinski definition) is 6. The lowest BCUT2D eigenvalue weighted by molar-refractivity contribution is -0.147. The number of aldehydes is 1. The maximum absolute atomic E-state index is 11.5. The van der Waals surface area contributed by atoms with Gasteiger partial charge in [0.1, 0.15) is 24.6 Å². The van der Waals surface area contributed by atoms with Crippen LogP contribution in [0.3, 0.4) is 0 Å². The van der Waals surface area contributed by atoms with Crippen molar-refractivity contribution in [3.8, 4) is 0 Å². The van der Waals surface area contributed by atoms with E-state index >= 15 is 0 Å². The van der Waals surface area contributed by atoms with E-state index in [9.17, 15) is 14.4 Å². The van der Waals surface area contributed by atoms with Gasteiger partial charge in [-0.25, -0.2) is 0 Å². The Kier molecular flexibility index (Phi) is 7.24. The number of aromatic nitrogens is 2. The average Bonchev–Trinajstić information content (AvgIpc) is 3.17. The molecule has 3 N–H and O–H groups in total. The number of nitrogens with zero attached hydrogens (tertiary/aromatic N) is 1. The molecule has 1 atom stereocenters. The van der Waals surface area contributed by atoms with E-state index in [1.807, 2.05) is 60.7 Å². The Labute approximate surface area is 179 Å². The monoisotopic (exact) mass is 417 g/mol. The number of carbonyl (C=O) groups excluding carboxylic acids is 3. The summed E-state index contributed by atoms with van der Waals surface area (Å²) in [6, 6.07) is 18.4. The number of fused-ring (bicyclic) bond motifs is 3. The molecular weight excluding hydrogens is 394 g/mol. The van der Waals surface area contributed by atoms with Crippen molar-refractivity contribution >= 4 is 39.8 Å². The Morgan fingerprint density at radius 3 is 2.48 bits per heavy atom. The van der Waals surface area contributed by atoms with Crippen LogP contribution in [0.1, 0.15) is 29.4 Å². The number of ether oxygens (including phenoxy) is 1. The van der Waals surface area contributed by atoms with Gasteiger partial charge in [-0.1, -0.05) is 48.5 Å². The molecule has 0 spiro atoms. The summed E-state index contributed by atoms with van der Waals surface area (Å²) in [5.74, 6) is -0.567. The molecule has 0 fully saturated rings. The molecular formula is C24H23N3O4. The molecule has 2 aromatic carbocycles. The molecule has 0 amide bonds. The van der Waals surface area contributed by atoms with E-state index in [1.165, 1.54) is 6.92 Å². The van der Waals surface area contributed by atoms with Crippen LogP contribution in [0, 0.1) is 0 Å². The fraction of sp³-hybridized carbons (Fsp3) is 0.167. The van der Waals surface area contributed by atoms with Gasteiger partial charge in [-0.05, 0) is 17.7 Å². The number of aromatic amines is 1. The first-order valence-corrected chi connectivity index (χ1v) is 9.77. The van der Waals surface area contributed by atoms with Crippen molar-refractivity contribution in [2.24, 2.45) is 5.73 Å². The Morgan fingerprint density at radius 2 is 1.77 bits per heavy atom. The number of esters is 1. The number of Topliss-reactive ketones (excluding diaryl/α,β-unsaturated/α-hetero) is 1. The van der Waals surface area contributed by atoms with E-state index in [0.29, 0.717) is 12.0 Å². The molecule has 4 aromatic rings. The first-order chi connectivity index (χ1) is 15.0. The summed E-state index contributed by atoms with van der Waals surface area (Å²) in [5, 5.41) is 2.18. The van der Waals surface area contributed by atoms with Crippen molar-refractivity contribution in [1.29, 1.82) is 0 Å². The van der Waals surface area contributed by atoms with Gasteiger partial charge in [0.2, 0.25) is 0 Å². The molecule has 0 aliphatic rings. The molecule has 7 heteroatoms. The Morgan fingerprint density at radius 1 is 1.06 bits per heavy atom. The third-order valence-electron chi connectivity index (χ3n) is 4.64. The van der Waals surface area contributed by atoms with Crippen LogP contribution in [0.2, 0.25) is 0 Å². The molecule has 0 saturated heterocycles. The number of rotatable bonds is 6. The number of ketones is 1. The van der Waals surface area contributed by atoms with Crippen LogP contribution in [0.25, 0.3) is 21.8 Å². The second-order valence-corrected chi connectivity index (χ2v) is 6.91. The van der Waals surface area contributed by atoms with Crippen molar-refractivity contribution in [2.45, 2.75) is 26.0 Å². The van der Waals surface area contributed by atoms with Crippen LogP contribution < -0.4 is 5.73 Å². The SMILES string of the molecule is CC(=O)c1nccc2c1[nH]c1ccccc12.NC(CC=O)C(=O)OCc1ccccc1. The summed E-state index contributed by atoms with van der Waals surface area (Å²) in [5.41, 5.74) is 8.65. The molecule has 2 heterocycles. The van der Waals surface area contributed by atoms with Gasteiger partial charge < -0.3 is 20.2 Å². The van der Waals surface area contributed by atoms with E-state index in [0.717, 1.165) is 27.4 Å². The number of benzene rings is 2. The van der Waals surface area contributed by atoms with Crippen LogP contribution in [-0.4, -0.2) is 34.0 Å². The minimum absolute atomic E-state index is 0.00633. The number of nitrogens with one attached hydrogen (secondary N) is 1. The Balaban J connectivity index is 0.000000176. The van der Waals surface area contributed by atoms with Crippen molar-refractivity contribution in [3.05, 3.63) is 78.1 Å². The van der Waals surface area contributed by atoms with Crippen molar-refractivity contribution in [3.63, 3.8) is 0 Å². The van der Waals surface area contributed by atoms with Crippen molar-refractivity contribution < 1.29 is 19.1 Å². The molecule has 2 aromatic heterocycles. The fourth-order valence-electron chi connectivity index (χ4n) is 3.08. The summed E-state index contributed by atoms with van der Waals surface area (Å²) in [6.07, 6.45) is 2.28. The van der Waals surface area contributed by atoms with E-state index in [4.69, 9.17) is 10.5 Å². The first-order valence-electron chi connectivity index (χ1n) is 9.77. The maximum Gasteiger partial charge on any atom is 0.323 e. The average molecular weight is 417 g/mol. The number of carbonyl (C=O) groups is 3. The van der Waals surface area contributed by atoms with E-state index in [2.05, 4.69) is 9.97 Å². The minimum atomic E-state index is -0.855. The summed E-state index contributed by atoms with van der Waals surface area (Å²) in [4.78, 5) is 40.1. The zero-order valence-electron chi connectivity index (χ0n) is 17.1. The van der Waals surface area contributed by atoms with E-state index in [1.54, 1.807) is 6.20 Å². The van der Waals surface area contributed by atoms with E-state index in [-0.39, 0.29) is 18.8 Å². The van der Waals surface area contributed by atoms with Gasteiger partial charge in [0.15, 0.2) is 5.78 Å². The van der Waals surface area contributed by atoms with Crippen LogP contribution in [0.15, 0.2) is 66.9 Å². The molecule has 7 nitrogen and oxygen atoms in total.